The van der Waals surface area contributed by atoms with E-state index in [9.17, 15) is 13.6 Å². The van der Waals surface area contributed by atoms with Gasteiger partial charge in [0.1, 0.15) is 0 Å². The number of nitrogens with one attached hydrogen (secondary N) is 1. The van der Waals surface area contributed by atoms with Crippen molar-refractivity contribution < 1.29 is 18.3 Å². The summed E-state index contributed by atoms with van der Waals surface area (Å²) in [4.78, 5) is 16.5. The van der Waals surface area contributed by atoms with Crippen LogP contribution in [0, 0.1) is 5.92 Å². The van der Waals surface area contributed by atoms with Crippen LogP contribution in [0.15, 0.2) is 36.5 Å². The smallest absolute Gasteiger partial charge is 0.269 e. The lowest BCUT2D eigenvalue weighted by Crippen LogP contribution is -2.41. The molecule has 0 bridgehead atoms. The summed E-state index contributed by atoms with van der Waals surface area (Å²) in [6.45, 7) is 2.06. The van der Waals surface area contributed by atoms with Crippen LogP contribution in [0.5, 0.6) is 5.88 Å². The summed E-state index contributed by atoms with van der Waals surface area (Å²) in [5.74, 6) is 0.263. The van der Waals surface area contributed by atoms with Gasteiger partial charge in [0.2, 0.25) is 5.88 Å². The molecule has 1 aromatic carbocycles. The van der Waals surface area contributed by atoms with Crippen molar-refractivity contribution in [2.24, 2.45) is 5.92 Å². The number of methoxy groups -OCH3 is 1. The van der Waals surface area contributed by atoms with Crippen LogP contribution in [-0.2, 0) is 0 Å². The molecule has 3 rings (SSSR count). The zero-order chi connectivity index (χ0) is 21.7. The molecule has 1 aliphatic carbocycles. The first kappa shape index (κ1) is 22.5. The fourth-order valence-corrected chi connectivity index (χ4v) is 4.57. The second kappa shape index (κ2) is 10.2. The minimum absolute atomic E-state index is 0.00582. The van der Waals surface area contributed by atoms with Crippen LogP contribution >= 0.6 is 11.6 Å². The van der Waals surface area contributed by atoms with Gasteiger partial charge in [-0.3, -0.25) is 4.79 Å². The zero-order valence-electron chi connectivity index (χ0n) is 17.2. The van der Waals surface area contributed by atoms with E-state index in [1.54, 1.807) is 30.3 Å². The molecular formula is C23H27ClF2N2O2. The molecule has 1 N–H and O–H groups in total. The van der Waals surface area contributed by atoms with Crippen molar-refractivity contribution in [3.05, 3.63) is 58.2 Å². The first-order chi connectivity index (χ1) is 14.4. The molecule has 7 heteroatoms. The summed E-state index contributed by atoms with van der Waals surface area (Å²) in [6, 6.07) is 8.57. The second-order valence-corrected chi connectivity index (χ2v) is 8.17. The molecule has 162 valence electrons. The Morgan fingerprint density at radius 3 is 2.43 bits per heavy atom. The predicted octanol–water partition coefficient (Wildman–Crippen LogP) is 6.16. The molecule has 0 aliphatic heterocycles. The van der Waals surface area contributed by atoms with Crippen LogP contribution in [0.1, 0.15) is 72.9 Å². The standard InChI is InChI=1S/C23H27ClF2N2O2/c1-3-19(28-22(29)16-8-10-17(24)11-9-16)15-6-4-14(5-7-15)18-12-13-27-23(30-2)20(18)21(25)26/h8-15,19,21H,3-7H2,1-2H3,(H,28,29)/t14?,15?,19-/m1/s1. The highest BCUT2D eigenvalue weighted by Crippen LogP contribution is 2.42. The van der Waals surface area contributed by atoms with Gasteiger partial charge in [0.15, 0.2) is 0 Å². The Balaban J connectivity index is 1.65. The molecule has 1 atom stereocenters. The van der Waals surface area contributed by atoms with Crippen molar-refractivity contribution in [1.82, 2.24) is 10.3 Å². The summed E-state index contributed by atoms with van der Waals surface area (Å²) in [5.41, 5.74) is 1.12. The van der Waals surface area contributed by atoms with E-state index in [2.05, 4.69) is 17.2 Å². The predicted molar refractivity (Wildman–Crippen MR) is 113 cm³/mol. The van der Waals surface area contributed by atoms with Crippen molar-refractivity contribution in [3.8, 4) is 5.88 Å². The van der Waals surface area contributed by atoms with Gasteiger partial charge < -0.3 is 10.1 Å². The summed E-state index contributed by atoms with van der Waals surface area (Å²) >= 11 is 5.89. The van der Waals surface area contributed by atoms with Crippen LogP contribution in [0.2, 0.25) is 5.02 Å². The number of nitrogens with zero attached hydrogens (tertiary/aromatic N) is 1. The van der Waals surface area contributed by atoms with Crippen LogP contribution in [0.25, 0.3) is 0 Å². The molecule has 1 heterocycles. The summed E-state index contributed by atoms with van der Waals surface area (Å²) < 4.78 is 32.3. The van der Waals surface area contributed by atoms with E-state index < -0.39 is 6.43 Å². The molecule has 1 aliphatic rings. The largest absolute Gasteiger partial charge is 0.481 e. The van der Waals surface area contributed by atoms with Crippen LogP contribution in [0.4, 0.5) is 8.78 Å². The van der Waals surface area contributed by atoms with E-state index in [1.807, 2.05) is 0 Å². The number of hydrogen-bond donors (Lipinski definition) is 1. The molecule has 1 saturated carbocycles. The topological polar surface area (TPSA) is 51.2 Å². The van der Waals surface area contributed by atoms with Crippen molar-refractivity contribution in [1.29, 1.82) is 0 Å². The summed E-state index contributed by atoms with van der Waals surface area (Å²) in [6.07, 6.45) is 3.07. The second-order valence-electron chi connectivity index (χ2n) is 7.73. The maximum absolute atomic E-state index is 13.6. The number of aromatic nitrogens is 1. The Bertz CT molecular complexity index is 853. The number of rotatable bonds is 7. The molecule has 1 aromatic heterocycles. The Morgan fingerprint density at radius 1 is 1.20 bits per heavy atom. The maximum Gasteiger partial charge on any atom is 0.269 e. The van der Waals surface area contributed by atoms with Gasteiger partial charge in [0.25, 0.3) is 12.3 Å². The zero-order valence-corrected chi connectivity index (χ0v) is 18.0. The molecular weight excluding hydrogens is 410 g/mol. The van der Waals surface area contributed by atoms with Crippen molar-refractivity contribution in [2.75, 3.05) is 7.11 Å². The van der Waals surface area contributed by atoms with E-state index in [4.69, 9.17) is 16.3 Å². The number of carbonyl (C=O) groups excluding carboxylic acids is 1. The van der Waals surface area contributed by atoms with Gasteiger partial charge in [-0.25, -0.2) is 13.8 Å². The van der Waals surface area contributed by atoms with Crippen molar-refractivity contribution in [2.45, 2.75) is 57.4 Å². The number of amides is 1. The Labute approximate surface area is 181 Å². The fourth-order valence-electron chi connectivity index (χ4n) is 4.44. The molecule has 0 unspecified atom stereocenters. The third kappa shape index (κ3) is 5.09. The molecule has 0 spiro atoms. The summed E-state index contributed by atoms with van der Waals surface area (Å²) in [7, 11) is 1.37. The van der Waals surface area contributed by atoms with Gasteiger partial charge in [-0.15, -0.1) is 0 Å². The van der Waals surface area contributed by atoms with E-state index >= 15 is 0 Å². The number of carbonyl (C=O) groups is 1. The van der Waals surface area contributed by atoms with Crippen molar-refractivity contribution in [3.63, 3.8) is 0 Å². The lowest BCUT2D eigenvalue weighted by molar-refractivity contribution is 0.0908. The van der Waals surface area contributed by atoms with Gasteiger partial charge in [0.05, 0.1) is 12.7 Å². The van der Waals surface area contributed by atoms with Gasteiger partial charge in [-0.2, -0.15) is 0 Å². The number of benzene rings is 1. The number of halogens is 3. The Kier molecular flexibility index (Phi) is 7.64. The molecule has 2 aromatic rings. The van der Waals surface area contributed by atoms with Crippen LogP contribution < -0.4 is 10.1 Å². The minimum atomic E-state index is -2.62. The third-order valence-corrected chi connectivity index (χ3v) is 6.29. The van der Waals surface area contributed by atoms with E-state index in [0.717, 1.165) is 32.1 Å². The first-order valence-electron chi connectivity index (χ1n) is 10.3. The molecule has 30 heavy (non-hydrogen) atoms. The average Bonchev–Trinajstić information content (AvgIpc) is 2.77. The molecule has 0 saturated heterocycles. The highest BCUT2D eigenvalue weighted by Gasteiger charge is 2.32. The highest BCUT2D eigenvalue weighted by atomic mass is 35.5. The molecule has 1 fully saturated rings. The van der Waals surface area contributed by atoms with Gasteiger partial charge in [0, 0.05) is 22.8 Å². The lowest BCUT2D eigenvalue weighted by atomic mass is 9.74. The number of alkyl halides is 2. The number of hydrogen-bond acceptors (Lipinski definition) is 3. The normalized spacial score (nSPS) is 20.1. The quantitative estimate of drug-likeness (QED) is 0.565. The number of ether oxygens (including phenoxy) is 1. The minimum Gasteiger partial charge on any atom is -0.481 e. The van der Waals surface area contributed by atoms with Gasteiger partial charge in [-0.05, 0) is 79.8 Å². The first-order valence-corrected chi connectivity index (χ1v) is 10.7. The maximum atomic E-state index is 13.6. The van der Waals surface area contributed by atoms with Crippen molar-refractivity contribution >= 4 is 17.5 Å². The van der Waals surface area contributed by atoms with Crippen LogP contribution in [-0.4, -0.2) is 24.0 Å². The number of pyridine rings is 1. The Morgan fingerprint density at radius 2 is 1.87 bits per heavy atom. The fraction of sp³-hybridized carbons (Fsp3) is 0.478. The Hall–Kier alpha value is -2.21. The van der Waals surface area contributed by atoms with Crippen LogP contribution in [0.3, 0.4) is 0 Å². The van der Waals surface area contributed by atoms with E-state index in [-0.39, 0.29) is 29.3 Å². The van der Waals surface area contributed by atoms with E-state index in [0.29, 0.717) is 22.1 Å². The SMILES string of the molecule is CC[C@@H](NC(=O)c1ccc(Cl)cc1)C1CCC(c2ccnc(OC)c2C(F)F)CC1. The monoisotopic (exact) mass is 436 g/mol. The highest BCUT2D eigenvalue weighted by molar-refractivity contribution is 6.30. The van der Waals surface area contributed by atoms with Gasteiger partial charge in [-0.1, -0.05) is 18.5 Å². The molecule has 4 nitrogen and oxygen atoms in total. The third-order valence-electron chi connectivity index (χ3n) is 6.04. The molecule has 0 radical (unpaired) electrons. The lowest BCUT2D eigenvalue weighted by Gasteiger charge is -2.34. The molecule has 1 amide bonds. The van der Waals surface area contributed by atoms with E-state index in [1.165, 1.54) is 13.3 Å². The average molecular weight is 437 g/mol. The van der Waals surface area contributed by atoms with Gasteiger partial charge >= 0.3 is 0 Å². The summed E-state index contributed by atoms with van der Waals surface area (Å²) in [5, 5.41) is 3.73.